The lowest BCUT2D eigenvalue weighted by Crippen LogP contribution is -2.35. The number of nitrogens with zero attached hydrogens (tertiary/aromatic N) is 2. The minimum Gasteiger partial charge on any atom is -0.293 e. The molecule has 1 aliphatic carbocycles. The summed E-state index contributed by atoms with van der Waals surface area (Å²) in [6, 6.07) is 13.0. The van der Waals surface area contributed by atoms with Gasteiger partial charge >= 0.3 is 0 Å². The second-order valence-electron chi connectivity index (χ2n) is 8.14. The number of carbonyl (C=O) groups is 1. The lowest BCUT2D eigenvalue weighted by molar-refractivity contribution is 0.102. The summed E-state index contributed by atoms with van der Waals surface area (Å²) < 4.78 is 15.0. The summed E-state index contributed by atoms with van der Waals surface area (Å²) in [5, 5.41) is 1.19. The van der Waals surface area contributed by atoms with Crippen LogP contribution in [0.1, 0.15) is 49.5 Å². The molecule has 1 heterocycles. The van der Waals surface area contributed by atoms with Crippen LogP contribution >= 0.6 is 11.8 Å². The summed E-state index contributed by atoms with van der Waals surface area (Å²) in [6.45, 7) is 4.44. The van der Waals surface area contributed by atoms with Gasteiger partial charge in [-0.1, -0.05) is 50.6 Å². The SMILES string of the molecule is C[C@@H]1[C@@H](C)CCC[C@@H]1n1c(SCC(=O)c2ccc(F)cc2)nc2ccccc2c1=O. The van der Waals surface area contributed by atoms with Crippen LogP contribution in [0.5, 0.6) is 0 Å². The Labute approximate surface area is 179 Å². The number of Topliss-reactive ketones (excluding diaryl/α,β-unsaturated/α-hetero) is 1. The molecule has 4 nitrogen and oxygen atoms in total. The van der Waals surface area contributed by atoms with Crippen molar-refractivity contribution >= 4 is 28.4 Å². The van der Waals surface area contributed by atoms with Gasteiger partial charge in [-0.15, -0.1) is 0 Å². The van der Waals surface area contributed by atoms with Gasteiger partial charge in [0.1, 0.15) is 5.82 Å². The third-order valence-corrected chi connectivity index (χ3v) is 7.22. The maximum atomic E-state index is 13.4. The fourth-order valence-electron chi connectivity index (χ4n) is 4.29. The van der Waals surface area contributed by atoms with E-state index in [4.69, 9.17) is 4.98 Å². The van der Waals surface area contributed by atoms with Gasteiger partial charge in [-0.05, 0) is 54.7 Å². The maximum Gasteiger partial charge on any atom is 0.262 e. The Morgan fingerprint density at radius 2 is 1.87 bits per heavy atom. The van der Waals surface area contributed by atoms with Crippen molar-refractivity contribution in [1.82, 2.24) is 9.55 Å². The number of fused-ring (bicyclic) bond motifs is 1. The molecule has 3 aromatic rings. The molecular formula is C24H25FN2O2S. The predicted octanol–water partition coefficient (Wildman–Crippen LogP) is 5.51. The average molecular weight is 425 g/mol. The normalized spacial score (nSPS) is 21.6. The van der Waals surface area contributed by atoms with Crippen molar-refractivity contribution in [2.24, 2.45) is 11.8 Å². The molecule has 1 aromatic heterocycles. The standard InChI is InChI=1S/C24H25FN2O2S/c1-15-6-5-9-21(16(15)2)27-23(29)19-7-3-4-8-20(19)26-24(27)30-14-22(28)17-10-12-18(25)13-11-17/h3-4,7-8,10-13,15-16,21H,5-6,9,14H2,1-2H3/t15-,16+,21-/m0/s1. The van der Waals surface area contributed by atoms with Crippen LogP contribution in [0.2, 0.25) is 0 Å². The topological polar surface area (TPSA) is 52.0 Å². The molecule has 0 amide bonds. The van der Waals surface area contributed by atoms with Crippen LogP contribution in [0.15, 0.2) is 58.5 Å². The molecule has 6 heteroatoms. The van der Waals surface area contributed by atoms with Gasteiger partial charge in [-0.25, -0.2) is 9.37 Å². The quantitative estimate of drug-likeness (QED) is 0.308. The van der Waals surface area contributed by atoms with Crippen molar-refractivity contribution in [3.63, 3.8) is 0 Å². The van der Waals surface area contributed by atoms with Gasteiger partial charge in [0.25, 0.3) is 5.56 Å². The van der Waals surface area contributed by atoms with E-state index in [1.54, 1.807) is 0 Å². The zero-order valence-corrected chi connectivity index (χ0v) is 18.0. The Kier molecular flexibility index (Phi) is 6.04. The molecule has 0 N–H and O–H groups in total. The number of hydrogen-bond donors (Lipinski definition) is 0. The summed E-state index contributed by atoms with van der Waals surface area (Å²) in [6.07, 6.45) is 3.18. The summed E-state index contributed by atoms with van der Waals surface area (Å²) >= 11 is 1.29. The second kappa shape index (κ2) is 8.72. The molecule has 30 heavy (non-hydrogen) atoms. The van der Waals surface area contributed by atoms with Crippen molar-refractivity contribution < 1.29 is 9.18 Å². The van der Waals surface area contributed by atoms with Gasteiger partial charge in [-0.2, -0.15) is 0 Å². The van der Waals surface area contributed by atoms with Gasteiger partial charge in [0, 0.05) is 11.6 Å². The number of halogens is 1. The molecule has 156 valence electrons. The van der Waals surface area contributed by atoms with E-state index in [1.807, 2.05) is 28.8 Å². The van der Waals surface area contributed by atoms with Crippen molar-refractivity contribution in [3.05, 3.63) is 70.3 Å². The van der Waals surface area contributed by atoms with Crippen molar-refractivity contribution in [2.45, 2.75) is 44.3 Å². The van der Waals surface area contributed by atoms with E-state index < -0.39 is 0 Å². The Hall–Kier alpha value is -2.47. The summed E-state index contributed by atoms with van der Waals surface area (Å²) in [4.78, 5) is 30.8. The molecule has 0 saturated heterocycles. The minimum absolute atomic E-state index is 0.0386. The Morgan fingerprint density at radius 1 is 1.13 bits per heavy atom. The van der Waals surface area contributed by atoms with Gasteiger partial charge in [0.2, 0.25) is 0 Å². The van der Waals surface area contributed by atoms with E-state index in [0.29, 0.717) is 33.5 Å². The number of rotatable bonds is 5. The van der Waals surface area contributed by atoms with E-state index in [9.17, 15) is 14.0 Å². The molecule has 1 aliphatic rings. The molecule has 0 spiro atoms. The third-order valence-electron chi connectivity index (χ3n) is 6.27. The highest BCUT2D eigenvalue weighted by Gasteiger charge is 2.31. The molecule has 1 fully saturated rings. The van der Waals surface area contributed by atoms with Crippen LogP contribution < -0.4 is 5.56 Å². The Balaban J connectivity index is 1.71. The summed E-state index contributed by atoms with van der Waals surface area (Å²) in [5.41, 5.74) is 1.06. The number of ketones is 1. The number of aromatic nitrogens is 2. The van der Waals surface area contributed by atoms with Crippen molar-refractivity contribution in [2.75, 3.05) is 5.75 Å². The molecule has 2 aromatic carbocycles. The Bertz CT molecular complexity index is 1130. The monoisotopic (exact) mass is 424 g/mol. The van der Waals surface area contributed by atoms with Crippen LogP contribution in [0.4, 0.5) is 4.39 Å². The highest BCUT2D eigenvalue weighted by molar-refractivity contribution is 7.99. The molecular weight excluding hydrogens is 399 g/mol. The summed E-state index contributed by atoms with van der Waals surface area (Å²) in [5.74, 6) is 0.545. The van der Waals surface area contributed by atoms with Gasteiger partial charge < -0.3 is 0 Å². The number of para-hydroxylation sites is 1. The lowest BCUT2D eigenvalue weighted by atomic mass is 9.78. The first kappa shape index (κ1) is 20.8. The zero-order valence-electron chi connectivity index (χ0n) is 17.2. The van der Waals surface area contributed by atoms with E-state index in [2.05, 4.69) is 13.8 Å². The number of benzene rings is 2. The molecule has 0 aliphatic heterocycles. The van der Waals surface area contributed by atoms with Crippen LogP contribution in [0, 0.1) is 17.7 Å². The van der Waals surface area contributed by atoms with Crippen LogP contribution in [0.3, 0.4) is 0 Å². The van der Waals surface area contributed by atoms with Crippen molar-refractivity contribution in [1.29, 1.82) is 0 Å². The van der Waals surface area contributed by atoms with E-state index in [1.165, 1.54) is 42.4 Å². The molecule has 4 rings (SSSR count). The first-order chi connectivity index (χ1) is 14.5. The molecule has 3 atom stereocenters. The van der Waals surface area contributed by atoms with Gasteiger partial charge in [0.05, 0.1) is 16.7 Å². The highest BCUT2D eigenvalue weighted by Crippen LogP contribution is 2.38. The van der Waals surface area contributed by atoms with Crippen molar-refractivity contribution in [3.8, 4) is 0 Å². The fourth-order valence-corrected chi connectivity index (χ4v) is 5.23. The first-order valence-electron chi connectivity index (χ1n) is 10.4. The van der Waals surface area contributed by atoms with E-state index in [-0.39, 0.29) is 29.0 Å². The molecule has 0 bridgehead atoms. The second-order valence-corrected chi connectivity index (χ2v) is 9.08. The Morgan fingerprint density at radius 3 is 2.63 bits per heavy atom. The first-order valence-corrected chi connectivity index (χ1v) is 11.4. The lowest BCUT2D eigenvalue weighted by Gasteiger charge is -2.36. The number of thioether (sulfide) groups is 1. The van der Waals surface area contributed by atoms with E-state index in [0.717, 1.165) is 12.8 Å². The van der Waals surface area contributed by atoms with Crippen LogP contribution in [-0.4, -0.2) is 21.1 Å². The van der Waals surface area contributed by atoms with Crippen LogP contribution in [0.25, 0.3) is 10.9 Å². The average Bonchev–Trinajstić information content (AvgIpc) is 2.75. The van der Waals surface area contributed by atoms with Gasteiger partial charge in [-0.3, -0.25) is 14.2 Å². The van der Waals surface area contributed by atoms with Crippen LogP contribution in [-0.2, 0) is 0 Å². The minimum atomic E-state index is -0.371. The zero-order chi connectivity index (χ0) is 21.3. The maximum absolute atomic E-state index is 13.4. The number of hydrogen-bond acceptors (Lipinski definition) is 4. The molecule has 1 saturated carbocycles. The molecule has 0 unspecified atom stereocenters. The number of carbonyl (C=O) groups excluding carboxylic acids is 1. The summed E-state index contributed by atoms with van der Waals surface area (Å²) in [7, 11) is 0. The highest BCUT2D eigenvalue weighted by atomic mass is 32.2. The predicted molar refractivity (Wildman–Crippen MR) is 119 cm³/mol. The largest absolute Gasteiger partial charge is 0.293 e. The fraction of sp³-hybridized carbons (Fsp3) is 0.375. The van der Waals surface area contributed by atoms with Gasteiger partial charge in [0.15, 0.2) is 10.9 Å². The molecule has 0 radical (unpaired) electrons. The smallest absolute Gasteiger partial charge is 0.262 e. The third kappa shape index (κ3) is 4.06. The van der Waals surface area contributed by atoms with E-state index >= 15 is 0 Å².